The van der Waals surface area contributed by atoms with Crippen LogP contribution in [-0.2, 0) is 20.9 Å². The van der Waals surface area contributed by atoms with Crippen LogP contribution in [0.25, 0.3) is 0 Å². The first-order chi connectivity index (χ1) is 9.56. The maximum absolute atomic E-state index is 11.9. The SMILES string of the molecule is Cc1ccccc1CN1CC(CCC(=O)O)OCC1=O. The van der Waals surface area contributed by atoms with Crippen molar-refractivity contribution in [2.45, 2.75) is 32.4 Å². The zero-order valence-corrected chi connectivity index (χ0v) is 11.5. The molecule has 5 heteroatoms. The van der Waals surface area contributed by atoms with Crippen LogP contribution in [0.15, 0.2) is 24.3 Å². The highest BCUT2D eigenvalue weighted by Crippen LogP contribution is 2.16. The molecule has 20 heavy (non-hydrogen) atoms. The number of aliphatic carboxylic acids is 1. The van der Waals surface area contributed by atoms with E-state index < -0.39 is 5.97 Å². The second kappa shape index (κ2) is 6.52. The molecule has 0 aliphatic carbocycles. The molecule has 0 saturated carbocycles. The second-order valence-electron chi connectivity index (χ2n) is 5.07. The van der Waals surface area contributed by atoms with E-state index in [0.717, 1.165) is 11.1 Å². The molecular formula is C15H19NO4. The lowest BCUT2D eigenvalue weighted by molar-refractivity contribution is -0.151. The van der Waals surface area contributed by atoms with Crippen LogP contribution < -0.4 is 0 Å². The first-order valence-corrected chi connectivity index (χ1v) is 6.72. The third-order valence-corrected chi connectivity index (χ3v) is 3.52. The number of rotatable bonds is 5. The molecule has 1 amide bonds. The monoisotopic (exact) mass is 277 g/mol. The Morgan fingerprint density at radius 1 is 1.45 bits per heavy atom. The van der Waals surface area contributed by atoms with Crippen LogP contribution in [0.3, 0.4) is 0 Å². The molecule has 0 spiro atoms. The number of morpholine rings is 1. The van der Waals surface area contributed by atoms with Gasteiger partial charge in [0.05, 0.1) is 6.10 Å². The van der Waals surface area contributed by atoms with E-state index in [1.54, 1.807) is 4.90 Å². The Hall–Kier alpha value is -1.88. The lowest BCUT2D eigenvalue weighted by Gasteiger charge is -2.33. The molecule has 5 nitrogen and oxygen atoms in total. The predicted octanol–water partition coefficient (Wildman–Crippen LogP) is 1.59. The number of nitrogens with zero attached hydrogens (tertiary/aromatic N) is 1. The van der Waals surface area contributed by atoms with Crippen molar-refractivity contribution in [3.8, 4) is 0 Å². The van der Waals surface area contributed by atoms with E-state index in [2.05, 4.69) is 0 Å². The van der Waals surface area contributed by atoms with Gasteiger partial charge in [0.1, 0.15) is 6.61 Å². The van der Waals surface area contributed by atoms with Gasteiger partial charge >= 0.3 is 5.97 Å². The summed E-state index contributed by atoms with van der Waals surface area (Å²) in [7, 11) is 0. The van der Waals surface area contributed by atoms with Crippen molar-refractivity contribution >= 4 is 11.9 Å². The minimum absolute atomic E-state index is 0.0379. The number of ether oxygens (including phenoxy) is 1. The van der Waals surface area contributed by atoms with Crippen molar-refractivity contribution in [1.82, 2.24) is 4.90 Å². The van der Waals surface area contributed by atoms with Crippen molar-refractivity contribution in [3.63, 3.8) is 0 Å². The highest BCUT2D eigenvalue weighted by atomic mass is 16.5. The van der Waals surface area contributed by atoms with Gasteiger partial charge in [0.2, 0.25) is 5.91 Å². The second-order valence-corrected chi connectivity index (χ2v) is 5.07. The molecule has 1 aromatic rings. The third-order valence-electron chi connectivity index (χ3n) is 3.52. The third kappa shape index (κ3) is 3.81. The Kier molecular flexibility index (Phi) is 4.74. The Balaban J connectivity index is 1.97. The maximum atomic E-state index is 11.9. The van der Waals surface area contributed by atoms with E-state index >= 15 is 0 Å². The average Bonchev–Trinajstić information content (AvgIpc) is 2.42. The van der Waals surface area contributed by atoms with Gasteiger partial charge in [-0.15, -0.1) is 0 Å². The van der Waals surface area contributed by atoms with Crippen molar-refractivity contribution < 1.29 is 19.4 Å². The number of aryl methyl sites for hydroxylation is 1. The summed E-state index contributed by atoms with van der Waals surface area (Å²) >= 11 is 0. The van der Waals surface area contributed by atoms with Crippen molar-refractivity contribution in [1.29, 1.82) is 0 Å². The molecule has 1 unspecified atom stereocenters. The van der Waals surface area contributed by atoms with Crippen molar-refractivity contribution in [2.75, 3.05) is 13.2 Å². The van der Waals surface area contributed by atoms with Gasteiger partial charge in [-0.05, 0) is 24.5 Å². The fraction of sp³-hybridized carbons (Fsp3) is 0.467. The van der Waals surface area contributed by atoms with Crippen LogP contribution in [0.2, 0.25) is 0 Å². The molecule has 0 bridgehead atoms. The summed E-state index contributed by atoms with van der Waals surface area (Å²) in [4.78, 5) is 24.2. The molecule has 108 valence electrons. The quantitative estimate of drug-likeness (QED) is 0.887. The zero-order chi connectivity index (χ0) is 14.5. The summed E-state index contributed by atoms with van der Waals surface area (Å²) in [6.07, 6.45) is 0.317. The number of benzene rings is 1. The van der Waals surface area contributed by atoms with Crippen LogP contribution in [0.4, 0.5) is 0 Å². The number of amides is 1. The average molecular weight is 277 g/mol. The Morgan fingerprint density at radius 3 is 2.90 bits per heavy atom. The van der Waals surface area contributed by atoms with E-state index in [1.165, 1.54) is 0 Å². The highest BCUT2D eigenvalue weighted by molar-refractivity contribution is 5.78. The van der Waals surface area contributed by atoms with Gasteiger partial charge in [0, 0.05) is 19.5 Å². The smallest absolute Gasteiger partial charge is 0.303 e. The Labute approximate surface area is 118 Å². The molecule has 1 N–H and O–H groups in total. The van der Waals surface area contributed by atoms with Gasteiger partial charge < -0.3 is 14.7 Å². The van der Waals surface area contributed by atoms with Crippen LogP contribution in [0.1, 0.15) is 24.0 Å². The van der Waals surface area contributed by atoms with Crippen LogP contribution >= 0.6 is 0 Å². The van der Waals surface area contributed by atoms with E-state index in [1.807, 2.05) is 31.2 Å². The predicted molar refractivity (Wildman–Crippen MR) is 73.2 cm³/mol. The van der Waals surface area contributed by atoms with E-state index in [4.69, 9.17) is 9.84 Å². The Morgan fingerprint density at radius 2 is 2.20 bits per heavy atom. The number of carbonyl (C=O) groups is 2. The fourth-order valence-electron chi connectivity index (χ4n) is 2.29. The first-order valence-electron chi connectivity index (χ1n) is 6.72. The fourth-order valence-corrected chi connectivity index (χ4v) is 2.29. The van der Waals surface area contributed by atoms with Crippen LogP contribution in [-0.4, -0.2) is 41.1 Å². The standard InChI is InChI=1S/C15H19NO4/c1-11-4-2-3-5-12(11)8-16-9-13(6-7-15(18)19)20-10-14(16)17/h2-5,13H,6-10H2,1H3,(H,18,19). The lowest BCUT2D eigenvalue weighted by Crippen LogP contribution is -2.46. The number of carboxylic acids is 1. The van der Waals surface area contributed by atoms with E-state index in [0.29, 0.717) is 19.5 Å². The highest BCUT2D eigenvalue weighted by Gasteiger charge is 2.26. The van der Waals surface area contributed by atoms with Gasteiger partial charge in [-0.2, -0.15) is 0 Å². The molecule has 1 aromatic carbocycles. The molecule has 1 fully saturated rings. The summed E-state index contributed by atoms with van der Waals surface area (Å²) in [5.41, 5.74) is 2.26. The zero-order valence-electron chi connectivity index (χ0n) is 11.5. The summed E-state index contributed by atoms with van der Waals surface area (Å²) in [5.74, 6) is -0.879. The molecule has 1 heterocycles. The molecule has 0 radical (unpaired) electrons. The molecule has 1 aliphatic rings. The molecule has 0 aromatic heterocycles. The molecule has 1 saturated heterocycles. The summed E-state index contributed by atoms with van der Waals surface area (Å²) in [6, 6.07) is 7.94. The first kappa shape index (κ1) is 14.5. The number of carbonyl (C=O) groups excluding carboxylic acids is 1. The van der Waals surface area contributed by atoms with Gasteiger partial charge in [0.15, 0.2) is 0 Å². The molecule has 1 atom stereocenters. The summed E-state index contributed by atoms with van der Waals surface area (Å²) in [6.45, 7) is 3.07. The number of carboxylic acid groups (broad SMARTS) is 1. The number of hydrogen-bond donors (Lipinski definition) is 1. The van der Waals surface area contributed by atoms with E-state index in [-0.39, 0.29) is 25.0 Å². The van der Waals surface area contributed by atoms with Gasteiger partial charge in [-0.1, -0.05) is 24.3 Å². The lowest BCUT2D eigenvalue weighted by atomic mass is 10.1. The molecular weight excluding hydrogens is 258 g/mol. The number of hydrogen-bond acceptors (Lipinski definition) is 3. The van der Waals surface area contributed by atoms with E-state index in [9.17, 15) is 9.59 Å². The van der Waals surface area contributed by atoms with Crippen LogP contribution in [0.5, 0.6) is 0 Å². The minimum atomic E-state index is -0.837. The van der Waals surface area contributed by atoms with Gasteiger partial charge in [0.25, 0.3) is 0 Å². The molecule has 2 rings (SSSR count). The van der Waals surface area contributed by atoms with Crippen molar-refractivity contribution in [3.05, 3.63) is 35.4 Å². The van der Waals surface area contributed by atoms with Gasteiger partial charge in [-0.3, -0.25) is 9.59 Å². The van der Waals surface area contributed by atoms with Gasteiger partial charge in [-0.25, -0.2) is 0 Å². The Bertz CT molecular complexity index is 500. The minimum Gasteiger partial charge on any atom is -0.481 e. The summed E-state index contributed by atoms with van der Waals surface area (Å²) in [5, 5.41) is 8.70. The van der Waals surface area contributed by atoms with Crippen LogP contribution in [0, 0.1) is 6.92 Å². The topological polar surface area (TPSA) is 66.8 Å². The summed E-state index contributed by atoms with van der Waals surface area (Å²) < 4.78 is 5.38. The normalized spacial score (nSPS) is 19.1. The van der Waals surface area contributed by atoms with Crippen molar-refractivity contribution in [2.24, 2.45) is 0 Å². The molecule has 1 aliphatic heterocycles. The maximum Gasteiger partial charge on any atom is 0.303 e. The largest absolute Gasteiger partial charge is 0.481 e.